The molecule has 0 aromatic carbocycles. The van der Waals surface area contributed by atoms with Crippen molar-refractivity contribution < 1.29 is 114 Å². The van der Waals surface area contributed by atoms with Crippen molar-refractivity contribution >= 4 is 73.0 Å². The van der Waals surface area contributed by atoms with Gasteiger partial charge in [-0.1, -0.05) is 65.1 Å². The molecule has 0 bridgehead atoms. The molecule has 2 fully saturated rings. The smallest absolute Gasteiger partial charge is 0.437 e. The summed E-state index contributed by atoms with van der Waals surface area (Å²) in [6.45, 7) is 18.8. The van der Waals surface area contributed by atoms with Crippen LogP contribution in [0.25, 0.3) is 0 Å². The summed E-state index contributed by atoms with van der Waals surface area (Å²) in [5.74, 6) is -1.79. The van der Waals surface area contributed by atoms with Crippen LogP contribution in [0.4, 0.5) is 0 Å². The van der Waals surface area contributed by atoms with E-state index in [4.69, 9.17) is 51.8 Å². The fourth-order valence-electron chi connectivity index (χ4n) is 6.16. The summed E-state index contributed by atoms with van der Waals surface area (Å²) in [5, 5.41) is 42.0. The maximum absolute atomic E-state index is 13.4. The van der Waals surface area contributed by atoms with Crippen molar-refractivity contribution in [2.24, 2.45) is 27.4 Å². The van der Waals surface area contributed by atoms with Crippen molar-refractivity contribution in [3.8, 4) is 0 Å². The number of primary amides is 1. The minimum atomic E-state index is -4.53. The van der Waals surface area contributed by atoms with Gasteiger partial charge in [0.05, 0.1) is 42.8 Å². The second-order valence-electron chi connectivity index (χ2n) is 21.9. The number of pyridine rings is 2. The van der Waals surface area contributed by atoms with Crippen LogP contribution < -0.4 is 14.9 Å². The number of ketones is 1. The highest BCUT2D eigenvalue weighted by molar-refractivity contribution is 8.14. The Bertz CT molecular complexity index is 2400. The Kier molecular flexibility index (Phi) is 25.9. The number of aromatic nitrogens is 2. The molecule has 0 aliphatic carbocycles. The Labute approximate surface area is 463 Å². The Hall–Kier alpha value is -3.60. The van der Waals surface area contributed by atoms with Gasteiger partial charge in [0.25, 0.3) is 18.4 Å². The second-order valence-corrected chi connectivity index (χ2v) is 27.3. The van der Waals surface area contributed by atoms with E-state index in [1.165, 1.54) is 46.8 Å². The minimum absolute atomic E-state index is 0.0646. The molecule has 0 spiro atoms. The quantitative estimate of drug-likeness (QED) is 0.0241. The van der Waals surface area contributed by atoms with Crippen LogP contribution in [-0.4, -0.2) is 142 Å². The molecule has 440 valence electrons. The average Bonchev–Trinajstić information content (AvgIpc) is 3.80. The van der Waals surface area contributed by atoms with E-state index < -0.39 is 131 Å². The molecule has 25 nitrogen and oxygen atoms in total. The van der Waals surface area contributed by atoms with Gasteiger partial charge in [-0.15, -0.1) is 0 Å². The predicted octanol–water partition coefficient (Wildman–Crippen LogP) is 4.51. The molecule has 6 N–H and O–H groups in total. The van der Waals surface area contributed by atoms with Crippen molar-refractivity contribution in [2.75, 3.05) is 51.5 Å². The number of nitrogens with two attached hydrogens (primary N) is 1. The molecule has 2 aliphatic rings. The maximum atomic E-state index is 13.4. The van der Waals surface area contributed by atoms with Crippen molar-refractivity contribution in [2.45, 2.75) is 139 Å². The van der Waals surface area contributed by atoms with E-state index in [0.29, 0.717) is 5.56 Å². The summed E-state index contributed by atoms with van der Waals surface area (Å²) in [6.07, 6.45) is -4.31. The molecule has 2 aromatic rings. The van der Waals surface area contributed by atoms with Crippen LogP contribution >= 0.6 is 39.2 Å². The van der Waals surface area contributed by atoms with Crippen LogP contribution in [0.15, 0.2) is 49.1 Å². The van der Waals surface area contributed by atoms with Gasteiger partial charge in [0.15, 0.2) is 53.0 Å². The number of esters is 2. The molecular weight excluding hydrogens is 1110 g/mol. The molecule has 8 atom stereocenters. The number of phosphoric acid groups is 2. The summed E-state index contributed by atoms with van der Waals surface area (Å²) in [7, 11) is -8.75. The number of thioether (sulfide) groups is 2. The Morgan fingerprint density at radius 2 is 0.923 bits per heavy atom. The molecule has 4 heterocycles. The first-order chi connectivity index (χ1) is 35.9. The van der Waals surface area contributed by atoms with Gasteiger partial charge < -0.3 is 45.1 Å². The monoisotopic (exact) mass is 1190 g/mol. The van der Waals surface area contributed by atoms with E-state index in [-0.39, 0.29) is 46.3 Å². The van der Waals surface area contributed by atoms with E-state index in [2.05, 4.69) is 0 Å². The van der Waals surface area contributed by atoms with Crippen LogP contribution in [0.5, 0.6) is 0 Å². The van der Waals surface area contributed by atoms with Crippen molar-refractivity contribution in [3.05, 3.63) is 60.2 Å². The molecule has 2 saturated heterocycles. The van der Waals surface area contributed by atoms with Gasteiger partial charge in [-0.25, -0.2) is 18.2 Å². The number of nitrogens with zero attached hydrogens (tertiary/aromatic N) is 2. The summed E-state index contributed by atoms with van der Waals surface area (Å²) in [4.78, 5) is 71.5. The third-order valence-corrected chi connectivity index (χ3v) is 16.0. The van der Waals surface area contributed by atoms with Gasteiger partial charge >= 0.3 is 27.6 Å². The average molecular weight is 1190 g/mol. The SMILES string of the molecule is CC(=O)c1ccc[n+]([C@@H]2O[C@H](COP(=O)(OCOC(=O)C(C)(C)C)OCOC(=O)C(C)(C)C)C(O)[C@@H]2O)c1.CC(C)(C)C(=O)SCCOP(=O)(OCCSC(=O)C(C)(C)C)OC[C@H]1O[C@@H]([n+]2cccc(C(N)=O)c2)[C@@H](O)C1O. The highest BCUT2D eigenvalue weighted by Crippen LogP contribution is 2.51. The number of phosphoric ester groups is 2. The number of hydrogen-bond acceptors (Lipinski definition) is 24. The molecule has 0 radical (unpaired) electrons. The van der Waals surface area contributed by atoms with E-state index in [9.17, 15) is 58.3 Å². The molecular formula is C49H77N3O22P2S2+2. The van der Waals surface area contributed by atoms with Crippen LogP contribution in [0.2, 0.25) is 0 Å². The fourth-order valence-corrected chi connectivity index (χ4v) is 10.1. The number of aliphatic hydroxyl groups excluding tert-OH is 4. The number of hydrogen-bond donors (Lipinski definition) is 5. The lowest BCUT2D eigenvalue weighted by atomic mass is 9.98. The molecule has 29 heteroatoms. The van der Waals surface area contributed by atoms with Crippen LogP contribution in [0.3, 0.4) is 0 Å². The van der Waals surface area contributed by atoms with E-state index >= 15 is 0 Å². The second kappa shape index (κ2) is 29.4. The van der Waals surface area contributed by atoms with Gasteiger partial charge in [-0.3, -0.25) is 46.9 Å². The lowest BCUT2D eigenvalue weighted by Crippen LogP contribution is -2.46. The van der Waals surface area contributed by atoms with Gasteiger partial charge in [0.1, 0.15) is 30.0 Å². The lowest BCUT2D eigenvalue weighted by Gasteiger charge is -2.22. The van der Waals surface area contributed by atoms with E-state index in [0.717, 1.165) is 23.5 Å². The highest BCUT2D eigenvalue weighted by Gasteiger charge is 2.51. The summed E-state index contributed by atoms with van der Waals surface area (Å²) in [6, 6.07) is 6.19. The Balaban J connectivity index is 0.000000411. The standard InChI is InChI=1S/C25H39N2O10PS2.C24H37NO12P/c1-24(2,3)22(31)39-12-10-34-38(33,35-11-13-40-23(32)25(4,5)6)36-15-17-18(28)19(29)21(37-17)27-9-7-8-16(14-27)20(26)30;1-15(26)16-9-8-10-25(11-16)20-19(28)18(27)17(37-20)12-34-38(31,35-13-32-21(29)23(2,3)4)36-14-33-22(30)24(5,6)7/h7-9,14,17-19,21,28-29H,10-13,15H2,1-6H3,(H-,26,30);8-11,17-20,27-28H,12-14H2,1-7H3/q;+1/p+1/t17-,18?,19+,21-;17-,18?,19+,20-/m11/s1. The predicted molar refractivity (Wildman–Crippen MR) is 280 cm³/mol. The zero-order valence-corrected chi connectivity index (χ0v) is 49.6. The number of ether oxygens (including phenoxy) is 4. The molecule has 78 heavy (non-hydrogen) atoms. The number of amides is 1. The van der Waals surface area contributed by atoms with Crippen LogP contribution in [0, 0.1) is 21.7 Å². The molecule has 4 rings (SSSR count). The Morgan fingerprint density at radius 1 is 0.564 bits per heavy atom. The zero-order valence-electron chi connectivity index (χ0n) is 46.2. The number of carbonyl (C=O) groups excluding carboxylic acids is 6. The van der Waals surface area contributed by atoms with Gasteiger partial charge in [-0.05, 0) is 60.6 Å². The molecule has 2 unspecified atom stereocenters. The largest absolute Gasteiger partial charge is 0.480 e. The van der Waals surface area contributed by atoms with E-state index in [1.807, 2.05) is 0 Å². The molecule has 0 saturated carbocycles. The first kappa shape index (κ1) is 68.7. The highest BCUT2D eigenvalue weighted by atomic mass is 32.2. The summed E-state index contributed by atoms with van der Waals surface area (Å²) >= 11 is 2.05. The molecule has 2 aromatic heterocycles. The van der Waals surface area contributed by atoms with Gasteiger partial charge in [0, 0.05) is 34.5 Å². The zero-order chi connectivity index (χ0) is 59.2. The topological polar surface area (TPSA) is 344 Å². The van der Waals surface area contributed by atoms with Crippen LogP contribution in [0.1, 0.15) is 123 Å². The lowest BCUT2D eigenvalue weighted by molar-refractivity contribution is -0.766. The minimum Gasteiger partial charge on any atom is -0.437 e. The van der Waals surface area contributed by atoms with Crippen molar-refractivity contribution in [1.29, 1.82) is 0 Å². The first-order valence-electron chi connectivity index (χ1n) is 24.5. The first-order valence-corrected chi connectivity index (χ1v) is 29.4. The van der Waals surface area contributed by atoms with Crippen molar-refractivity contribution in [3.63, 3.8) is 0 Å². The number of carbonyl (C=O) groups is 6. The maximum Gasteiger partial charge on any atom is 0.480 e. The van der Waals surface area contributed by atoms with E-state index in [1.54, 1.807) is 101 Å². The van der Waals surface area contributed by atoms with Gasteiger partial charge in [0.2, 0.25) is 13.6 Å². The Morgan fingerprint density at radius 3 is 1.27 bits per heavy atom. The number of aliphatic hydroxyl groups is 4. The third-order valence-electron chi connectivity index (χ3n) is 10.8. The normalized spacial score (nSPS) is 22.1. The molecule has 2 aliphatic heterocycles. The summed E-state index contributed by atoms with van der Waals surface area (Å²) < 4.78 is 82.5. The van der Waals surface area contributed by atoms with Crippen molar-refractivity contribution in [1.82, 2.24) is 0 Å². The number of Topliss-reactive ketones (excluding diaryl/α,β-unsaturated/α-hetero) is 1. The number of rotatable bonds is 24. The fraction of sp³-hybridized carbons (Fsp3) is 0.673. The van der Waals surface area contributed by atoms with Gasteiger partial charge in [-0.2, -0.15) is 9.13 Å². The molecule has 1 amide bonds. The third kappa shape index (κ3) is 21.7. The summed E-state index contributed by atoms with van der Waals surface area (Å²) in [5.41, 5.74) is 3.02. The van der Waals surface area contributed by atoms with Crippen LogP contribution in [-0.2, 0) is 74.4 Å².